The quantitative estimate of drug-likeness (QED) is 0.779. The molecule has 2 N–H and O–H groups in total. The predicted molar refractivity (Wildman–Crippen MR) is 83.6 cm³/mol. The zero-order valence-corrected chi connectivity index (χ0v) is 11.8. The number of amides is 1. The Bertz CT molecular complexity index is 839. The number of aromatic amines is 1. The molecule has 0 saturated carbocycles. The lowest BCUT2D eigenvalue weighted by molar-refractivity contribution is 0.102. The van der Waals surface area contributed by atoms with E-state index in [2.05, 4.69) is 20.5 Å². The number of anilines is 1. The molecule has 2 aromatic heterocycles. The van der Waals surface area contributed by atoms with Crippen molar-refractivity contribution in [1.82, 2.24) is 15.2 Å². The number of fused-ring (bicyclic) bond motifs is 1. The average molecular weight is 290 g/mol. The van der Waals surface area contributed by atoms with Crippen molar-refractivity contribution in [3.63, 3.8) is 0 Å². The summed E-state index contributed by atoms with van der Waals surface area (Å²) in [7, 11) is 0. The van der Waals surface area contributed by atoms with Gasteiger partial charge in [0.15, 0.2) is 0 Å². The van der Waals surface area contributed by atoms with Crippen LogP contribution in [-0.4, -0.2) is 21.1 Å². The van der Waals surface area contributed by atoms with E-state index in [0.29, 0.717) is 16.9 Å². The fourth-order valence-electron chi connectivity index (χ4n) is 2.62. The van der Waals surface area contributed by atoms with Gasteiger partial charge in [0, 0.05) is 11.8 Å². The maximum absolute atomic E-state index is 12.4. The number of rotatable bonds is 3. The Morgan fingerprint density at radius 1 is 1.14 bits per heavy atom. The van der Waals surface area contributed by atoms with Crippen LogP contribution in [0, 0.1) is 0 Å². The Morgan fingerprint density at radius 2 is 2.05 bits per heavy atom. The minimum Gasteiger partial charge on any atom is -0.319 e. The number of nitrogens with one attached hydrogen (secondary N) is 2. The first kappa shape index (κ1) is 12.8. The van der Waals surface area contributed by atoms with E-state index in [1.165, 1.54) is 11.1 Å². The number of nitrogens with zero attached hydrogens (tertiary/aromatic N) is 2. The summed E-state index contributed by atoms with van der Waals surface area (Å²) >= 11 is 0. The van der Waals surface area contributed by atoms with Crippen LogP contribution in [0.5, 0.6) is 0 Å². The minimum absolute atomic E-state index is 0.131. The van der Waals surface area contributed by atoms with Crippen molar-refractivity contribution in [2.24, 2.45) is 0 Å². The molecular weight excluding hydrogens is 276 g/mol. The summed E-state index contributed by atoms with van der Waals surface area (Å²) in [5.41, 5.74) is 5.36. The first-order chi connectivity index (χ1) is 10.8. The highest BCUT2D eigenvalue weighted by atomic mass is 16.1. The SMILES string of the molecule is O=C(Nc1cn[nH]c1-c1ccccn1)c1ccc2c(c1)CC2. The molecule has 0 radical (unpaired) electrons. The molecule has 22 heavy (non-hydrogen) atoms. The van der Waals surface area contributed by atoms with Crippen molar-refractivity contribution in [2.75, 3.05) is 5.32 Å². The highest BCUT2D eigenvalue weighted by molar-refractivity contribution is 6.06. The Hall–Kier alpha value is -2.95. The van der Waals surface area contributed by atoms with Crippen LogP contribution >= 0.6 is 0 Å². The van der Waals surface area contributed by atoms with Crippen molar-refractivity contribution in [3.05, 3.63) is 65.5 Å². The normalized spacial score (nSPS) is 12.4. The van der Waals surface area contributed by atoms with Crippen LogP contribution in [-0.2, 0) is 12.8 Å². The Morgan fingerprint density at radius 3 is 2.77 bits per heavy atom. The second kappa shape index (κ2) is 5.11. The highest BCUT2D eigenvalue weighted by Gasteiger charge is 2.17. The molecule has 0 aliphatic heterocycles. The zero-order valence-electron chi connectivity index (χ0n) is 11.8. The average Bonchev–Trinajstić information content (AvgIpc) is 2.97. The number of aromatic nitrogens is 3. The van der Waals surface area contributed by atoms with Gasteiger partial charge in [0.2, 0.25) is 0 Å². The summed E-state index contributed by atoms with van der Waals surface area (Å²) in [5.74, 6) is -0.131. The van der Waals surface area contributed by atoms with Crippen molar-refractivity contribution in [1.29, 1.82) is 0 Å². The second-order valence-electron chi connectivity index (χ2n) is 5.31. The summed E-state index contributed by atoms with van der Waals surface area (Å²) in [6, 6.07) is 11.5. The Balaban J connectivity index is 1.60. The molecule has 1 amide bonds. The molecule has 5 nitrogen and oxygen atoms in total. The molecule has 108 valence electrons. The van der Waals surface area contributed by atoms with Gasteiger partial charge in [-0.1, -0.05) is 12.1 Å². The van der Waals surface area contributed by atoms with E-state index >= 15 is 0 Å². The minimum atomic E-state index is -0.131. The van der Waals surface area contributed by atoms with Crippen LogP contribution in [0.3, 0.4) is 0 Å². The van der Waals surface area contributed by atoms with Gasteiger partial charge in [-0.2, -0.15) is 5.10 Å². The molecule has 0 bridgehead atoms. The molecule has 0 saturated heterocycles. The van der Waals surface area contributed by atoms with Gasteiger partial charge in [-0.15, -0.1) is 0 Å². The zero-order chi connectivity index (χ0) is 14.9. The first-order valence-corrected chi connectivity index (χ1v) is 7.19. The summed E-state index contributed by atoms with van der Waals surface area (Å²) in [4.78, 5) is 16.7. The molecular formula is C17H14N4O. The Kier molecular flexibility index (Phi) is 2.96. The van der Waals surface area contributed by atoms with Crippen LogP contribution in [0.25, 0.3) is 11.4 Å². The fraction of sp³-hybridized carbons (Fsp3) is 0.118. The van der Waals surface area contributed by atoms with E-state index in [9.17, 15) is 4.79 Å². The molecule has 0 unspecified atom stereocenters. The van der Waals surface area contributed by atoms with Gasteiger partial charge in [-0.05, 0) is 48.2 Å². The lowest BCUT2D eigenvalue weighted by Crippen LogP contribution is -2.15. The van der Waals surface area contributed by atoms with Gasteiger partial charge >= 0.3 is 0 Å². The first-order valence-electron chi connectivity index (χ1n) is 7.19. The lowest BCUT2D eigenvalue weighted by Gasteiger charge is -2.19. The van der Waals surface area contributed by atoms with Crippen LogP contribution in [0.1, 0.15) is 21.5 Å². The number of carbonyl (C=O) groups is 1. The van der Waals surface area contributed by atoms with Crippen LogP contribution in [0.2, 0.25) is 0 Å². The number of aryl methyl sites for hydroxylation is 2. The van der Waals surface area contributed by atoms with Crippen molar-refractivity contribution < 1.29 is 4.79 Å². The molecule has 5 heteroatoms. The number of benzene rings is 1. The standard InChI is InChI=1S/C17H14N4O/c22-17(13-7-5-11-4-6-12(11)9-13)20-15-10-19-21-16(15)14-3-1-2-8-18-14/h1-3,5,7-10H,4,6H2,(H,19,21)(H,20,22). The van der Waals surface area contributed by atoms with Gasteiger partial charge in [0.25, 0.3) is 5.91 Å². The van der Waals surface area contributed by atoms with E-state index in [4.69, 9.17) is 0 Å². The summed E-state index contributed by atoms with van der Waals surface area (Å²) < 4.78 is 0. The monoisotopic (exact) mass is 290 g/mol. The van der Waals surface area contributed by atoms with Crippen molar-refractivity contribution in [2.45, 2.75) is 12.8 Å². The predicted octanol–water partition coefficient (Wildman–Crippen LogP) is 2.82. The maximum Gasteiger partial charge on any atom is 0.255 e. The fourth-order valence-corrected chi connectivity index (χ4v) is 2.62. The third kappa shape index (κ3) is 2.16. The molecule has 0 atom stereocenters. The molecule has 1 aliphatic carbocycles. The number of carbonyl (C=O) groups excluding carboxylic acids is 1. The topological polar surface area (TPSA) is 70.7 Å². The Labute approximate surface area is 127 Å². The van der Waals surface area contributed by atoms with Gasteiger partial charge in [0.05, 0.1) is 17.6 Å². The number of hydrogen-bond donors (Lipinski definition) is 2. The van der Waals surface area contributed by atoms with Crippen LogP contribution in [0.15, 0.2) is 48.8 Å². The summed E-state index contributed by atoms with van der Waals surface area (Å²) in [6.07, 6.45) is 5.48. The molecule has 0 spiro atoms. The number of pyridine rings is 1. The molecule has 1 aliphatic rings. The van der Waals surface area contributed by atoms with E-state index in [0.717, 1.165) is 18.5 Å². The molecule has 0 fully saturated rings. The largest absolute Gasteiger partial charge is 0.319 e. The van der Waals surface area contributed by atoms with Crippen molar-refractivity contribution >= 4 is 11.6 Å². The highest BCUT2D eigenvalue weighted by Crippen LogP contribution is 2.26. The molecule has 3 aromatic rings. The summed E-state index contributed by atoms with van der Waals surface area (Å²) in [5, 5.41) is 9.80. The van der Waals surface area contributed by atoms with Gasteiger partial charge in [-0.25, -0.2) is 0 Å². The van der Waals surface area contributed by atoms with Crippen LogP contribution in [0.4, 0.5) is 5.69 Å². The third-order valence-corrected chi connectivity index (χ3v) is 3.94. The van der Waals surface area contributed by atoms with E-state index in [1.54, 1.807) is 12.4 Å². The van der Waals surface area contributed by atoms with E-state index in [1.807, 2.05) is 36.4 Å². The molecule has 4 rings (SSSR count). The lowest BCUT2D eigenvalue weighted by atomic mass is 9.87. The van der Waals surface area contributed by atoms with Gasteiger partial charge < -0.3 is 5.32 Å². The smallest absolute Gasteiger partial charge is 0.255 e. The number of H-pyrrole nitrogens is 1. The van der Waals surface area contributed by atoms with Crippen LogP contribution < -0.4 is 5.32 Å². The van der Waals surface area contributed by atoms with E-state index in [-0.39, 0.29) is 5.91 Å². The summed E-state index contributed by atoms with van der Waals surface area (Å²) in [6.45, 7) is 0. The number of hydrogen-bond acceptors (Lipinski definition) is 3. The maximum atomic E-state index is 12.4. The van der Waals surface area contributed by atoms with Gasteiger partial charge in [-0.3, -0.25) is 14.9 Å². The third-order valence-electron chi connectivity index (χ3n) is 3.94. The molecule has 2 heterocycles. The van der Waals surface area contributed by atoms with Crippen molar-refractivity contribution in [3.8, 4) is 11.4 Å². The molecule has 1 aromatic carbocycles. The van der Waals surface area contributed by atoms with E-state index < -0.39 is 0 Å². The van der Waals surface area contributed by atoms with Gasteiger partial charge in [0.1, 0.15) is 5.69 Å². The second-order valence-corrected chi connectivity index (χ2v) is 5.31.